The van der Waals surface area contributed by atoms with Crippen LogP contribution in [0.2, 0.25) is 5.15 Å². The Morgan fingerprint density at radius 1 is 1.20 bits per heavy atom. The number of hydrogen-bond donors (Lipinski definition) is 1. The van der Waals surface area contributed by atoms with Crippen LogP contribution >= 0.6 is 11.6 Å². The largest absolute Gasteiger partial charge is 0.491 e. The van der Waals surface area contributed by atoms with Gasteiger partial charge >= 0.3 is 0 Å². The molecule has 0 saturated heterocycles. The number of aromatic nitrogens is 2. The summed E-state index contributed by atoms with van der Waals surface area (Å²) in [7, 11) is 0. The Bertz CT molecular complexity index is 570. The molecule has 4 nitrogen and oxygen atoms in total. The molecule has 1 heterocycles. The van der Waals surface area contributed by atoms with Crippen LogP contribution in [0.25, 0.3) is 0 Å². The molecule has 20 heavy (non-hydrogen) atoms. The van der Waals surface area contributed by atoms with Crippen molar-refractivity contribution in [2.45, 2.75) is 33.3 Å². The molecule has 1 N–H and O–H groups in total. The van der Waals surface area contributed by atoms with Gasteiger partial charge in [-0.2, -0.15) is 0 Å². The highest BCUT2D eigenvalue weighted by Gasteiger charge is 2.03. The van der Waals surface area contributed by atoms with Crippen molar-refractivity contribution in [3.05, 3.63) is 41.3 Å². The van der Waals surface area contributed by atoms with E-state index in [0.717, 1.165) is 23.7 Å². The Labute approximate surface area is 124 Å². The molecule has 5 heteroatoms. The minimum Gasteiger partial charge on any atom is -0.491 e. The molecule has 0 bridgehead atoms. The van der Waals surface area contributed by atoms with Gasteiger partial charge < -0.3 is 10.1 Å². The van der Waals surface area contributed by atoms with Crippen molar-refractivity contribution in [3.63, 3.8) is 0 Å². The number of aryl methyl sites for hydroxylation is 1. The van der Waals surface area contributed by atoms with Crippen LogP contribution in [-0.4, -0.2) is 16.1 Å². The van der Waals surface area contributed by atoms with Gasteiger partial charge in [-0.1, -0.05) is 18.5 Å². The van der Waals surface area contributed by atoms with Gasteiger partial charge in [0.2, 0.25) is 0 Å². The first kappa shape index (κ1) is 14.6. The van der Waals surface area contributed by atoms with Crippen molar-refractivity contribution >= 4 is 23.1 Å². The molecule has 106 valence electrons. The SMILES string of the molecule is CCc1nc(Cl)cc(Nc2ccc(OC(C)C)cc2)n1. The monoisotopic (exact) mass is 291 g/mol. The molecule has 0 fully saturated rings. The Hall–Kier alpha value is -1.81. The van der Waals surface area contributed by atoms with Gasteiger partial charge in [-0.15, -0.1) is 0 Å². The quantitative estimate of drug-likeness (QED) is 0.838. The Balaban J connectivity index is 2.11. The number of rotatable bonds is 5. The van der Waals surface area contributed by atoms with Crippen molar-refractivity contribution in [2.24, 2.45) is 0 Å². The standard InChI is InChI=1S/C15H18ClN3O/c1-4-14-18-13(16)9-15(19-14)17-11-5-7-12(8-6-11)20-10(2)3/h5-10H,4H2,1-3H3,(H,17,18,19). The molecule has 2 rings (SSSR count). The fraction of sp³-hybridized carbons (Fsp3) is 0.333. The molecular formula is C15H18ClN3O. The van der Waals surface area contributed by atoms with Gasteiger partial charge in [-0.05, 0) is 38.1 Å². The maximum atomic E-state index is 5.97. The van der Waals surface area contributed by atoms with Crippen molar-refractivity contribution in [3.8, 4) is 5.75 Å². The van der Waals surface area contributed by atoms with Gasteiger partial charge in [-0.25, -0.2) is 9.97 Å². The molecule has 1 aromatic carbocycles. The van der Waals surface area contributed by atoms with E-state index in [0.29, 0.717) is 11.0 Å². The molecule has 0 aliphatic heterocycles. The number of halogens is 1. The van der Waals surface area contributed by atoms with E-state index in [-0.39, 0.29) is 6.10 Å². The van der Waals surface area contributed by atoms with Crippen molar-refractivity contribution in [1.29, 1.82) is 0 Å². The van der Waals surface area contributed by atoms with Gasteiger partial charge in [-0.3, -0.25) is 0 Å². The number of nitrogens with zero attached hydrogens (tertiary/aromatic N) is 2. The van der Waals surface area contributed by atoms with Crippen molar-refractivity contribution in [2.75, 3.05) is 5.32 Å². The number of anilines is 2. The van der Waals surface area contributed by atoms with E-state index in [9.17, 15) is 0 Å². The molecule has 1 aromatic heterocycles. The van der Waals surface area contributed by atoms with E-state index >= 15 is 0 Å². The van der Waals surface area contributed by atoms with Crippen LogP contribution in [0.15, 0.2) is 30.3 Å². The number of nitrogens with one attached hydrogen (secondary N) is 1. The molecule has 0 spiro atoms. The molecule has 0 amide bonds. The topological polar surface area (TPSA) is 47.0 Å². The van der Waals surface area contributed by atoms with E-state index in [1.807, 2.05) is 45.0 Å². The molecule has 0 aliphatic carbocycles. The third kappa shape index (κ3) is 4.10. The minimum atomic E-state index is 0.168. The van der Waals surface area contributed by atoms with E-state index in [4.69, 9.17) is 16.3 Å². The molecule has 0 atom stereocenters. The lowest BCUT2D eigenvalue weighted by atomic mass is 10.3. The predicted molar refractivity (Wildman–Crippen MR) is 81.9 cm³/mol. The molecule has 0 saturated carbocycles. The number of ether oxygens (including phenoxy) is 1. The van der Waals surface area contributed by atoms with Crippen LogP contribution < -0.4 is 10.1 Å². The zero-order chi connectivity index (χ0) is 14.5. The number of benzene rings is 1. The minimum absolute atomic E-state index is 0.168. The van der Waals surface area contributed by atoms with Gasteiger partial charge in [0.05, 0.1) is 6.10 Å². The van der Waals surface area contributed by atoms with E-state index in [1.165, 1.54) is 0 Å². The Kier molecular flexibility index (Phi) is 4.79. The van der Waals surface area contributed by atoms with Crippen molar-refractivity contribution < 1.29 is 4.74 Å². The summed E-state index contributed by atoms with van der Waals surface area (Å²) < 4.78 is 5.60. The third-order valence-corrected chi connectivity index (χ3v) is 2.75. The summed E-state index contributed by atoms with van der Waals surface area (Å²) in [5.41, 5.74) is 0.929. The summed E-state index contributed by atoms with van der Waals surface area (Å²) in [6.07, 6.45) is 0.915. The highest BCUT2D eigenvalue weighted by molar-refractivity contribution is 6.29. The lowest BCUT2D eigenvalue weighted by Gasteiger charge is -2.11. The predicted octanol–water partition coefficient (Wildman–Crippen LogP) is 4.22. The summed E-state index contributed by atoms with van der Waals surface area (Å²) in [5, 5.41) is 3.65. The molecule has 0 unspecified atom stereocenters. The Morgan fingerprint density at radius 2 is 1.90 bits per heavy atom. The maximum absolute atomic E-state index is 5.97. The molecule has 2 aromatic rings. The van der Waals surface area contributed by atoms with E-state index in [2.05, 4.69) is 15.3 Å². The Morgan fingerprint density at radius 3 is 2.50 bits per heavy atom. The van der Waals surface area contributed by atoms with Crippen LogP contribution in [0, 0.1) is 0 Å². The van der Waals surface area contributed by atoms with Crippen LogP contribution in [0.5, 0.6) is 5.75 Å². The second-order valence-corrected chi connectivity index (χ2v) is 5.05. The van der Waals surface area contributed by atoms with E-state index in [1.54, 1.807) is 6.07 Å². The lowest BCUT2D eigenvalue weighted by Crippen LogP contribution is -2.05. The van der Waals surface area contributed by atoms with Crippen LogP contribution in [0.3, 0.4) is 0 Å². The van der Waals surface area contributed by atoms with Gasteiger partial charge in [0.25, 0.3) is 0 Å². The van der Waals surface area contributed by atoms with Gasteiger partial charge in [0, 0.05) is 18.2 Å². The normalized spacial score (nSPS) is 10.7. The van der Waals surface area contributed by atoms with Crippen LogP contribution in [0.4, 0.5) is 11.5 Å². The van der Waals surface area contributed by atoms with Crippen LogP contribution in [0.1, 0.15) is 26.6 Å². The molecule has 0 radical (unpaired) electrons. The molecular weight excluding hydrogens is 274 g/mol. The first-order chi connectivity index (χ1) is 9.56. The second-order valence-electron chi connectivity index (χ2n) is 4.66. The highest BCUT2D eigenvalue weighted by atomic mass is 35.5. The van der Waals surface area contributed by atoms with Crippen molar-refractivity contribution in [1.82, 2.24) is 9.97 Å². The summed E-state index contributed by atoms with van der Waals surface area (Å²) >= 11 is 5.97. The summed E-state index contributed by atoms with van der Waals surface area (Å²) in [4.78, 5) is 8.52. The van der Waals surface area contributed by atoms with Gasteiger partial charge in [0.15, 0.2) is 0 Å². The average molecular weight is 292 g/mol. The second kappa shape index (κ2) is 6.57. The van der Waals surface area contributed by atoms with Crippen LogP contribution in [-0.2, 0) is 6.42 Å². The first-order valence-corrected chi connectivity index (χ1v) is 7.02. The zero-order valence-electron chi connectivity index (χ0n) is 11.9. The lowest BCUT2D eigenvalue weighted by molar-refractivity contribution is 0.242. The summed E-state index contributed by atoms with van der Waals surface area (Å²) in [6, 6.07) is 9.44. The first-order valence-electron chi connectivity index (χ1n) is 6.64. The highest BCUT2D eigenvalue weighted by Crippen LogP contribution is 2.21. The summed E-state index contributed by atoms with van der Waals surface area (Å²) in [6.45, 7) is 6.00. The molecule has 0 aliphatic rings. The maximum Gasteiger partial charge on any atom is 0.135 e. The van der Waals surface area contributed by atoms with Gasteiger partial charge in [0.1, 0.15) is 22.5 Å². The van der Waals surface area contributed by atoms with E-state index < -0.39 is 0 Å². The fourth-order valence-electron chi connectivity index (χ4n) is 1.72. The smallest absolute Gasteiger partial charge is 0.135 e. The fourth-order valence-corrected chi connectivity index (χ4v) is 1.92. The average Bonchev–Trinajstić information content (AvgIpc) is 2.39. The third-order valence-electron chi connectivity index (χ3n) is 2.56. The zero-order valence-corrected chi connectivity index (χ0v) is 12.6. The number of hydrogen-bond acceptors (Lipinski definition) is 4. The summed E-state index contributed by atoms with van der Waals surface area (Å²) in [5.74, 6) is 2.26.